The summed E-state index contributed by atoms with van der Waals surface area (Å²) in [5.74, 6) is 1.10. The van der Waals surface area contributed by atoms with Crippen molar-refractivity contribution in [2.75, 3.05) is 18.4 Å². The molecule has 23 heavy (non-hydrogen) atoms. The number of amides is 3. The zero-order chi connectivity index (χ0) is 16.2. The van der Waals surface area contributed by atoms with Crippen LogP contribution < -0.4 is 10.6 Å². The first-order valence-corrected chi connectivity index (χ1v) is 7.50. The molecule has 122 valence electrons. The topological polar surface area (TPSA) is 92.4 Å². The van der Waals surface area contributed by atoms with Crippen LogP contribution in [-0.2, 0) is 11.3 Å². The van der Waals surface area contributed by atoms with E-state index < -0.39 is 0 Å². The fourth-order valence-corrected chi connectivity index (χ4v) is 2.62. The molecule has 0 spiro atoms. The van der Waals surface area contributed by atoms with Crippen LogP contribution in [-0.4, -0.2) is 39.7 Å². The summed E-state index contributed by atoms with van der Waals surface area (Å²) in [7, 11) is 0. The molecule has 0 saturated carbocycles. The predicted octanol–water partition coefficient (Wildman–Crippen LogP) is 1.59. The fraction of sp³-hybridized carbons (Fsp3) is 0.400. The van der Waals surface area contributed by atoms with Crippen LogP contribution in [0.15, 0.2) is 35.1 Å². The molecule has 1 aliphatic rings. The number of anilines is 1. The van der Waals surface area contributed by atoms with Gasteiger partial charge in [0.1, 0.15) is 5.76 Å². The first-order valence-electron chi connectivity index (χ1n) is 7.50. The van der Waals surface area contributed by atoms with Crippen LogP contribution in [0, 0.1) is 0 Å². The van der Waals surface area contributed by atoms with Gasteiger partial charge in [-0.15, -0.1) is 0 Å². The molecule has 1 aliphatic heterocycles. The molecule has 0 unspecified atom stereocenters. The van der Waals surface area contributed by atoms with Crippen molar-refractivity contribution in [2.24, 2.45) is 0 Å². The third kappa shape index (κ3) is 3.71. The molecule has 1 saturated heterocycles. The van der Waals surface area contributed by atoms with Crippen LogP contribution in [0.3, 0.4) is 0 Å². The smallest absolute Gasteiger partial charge is 0.317 e. The molecule has 8 nitrogen and oxygen atoms in total. The number of nitrogens with zero attached hydrogens (tertiary/aromatic N) is 3. The van der Waals surface area contributed by atoms with Crippen molar-refractivity contribution in [3.63, 3.8) is 0 Å². The lowest BCUT2D eigenvalue weighted by Gasteiger charge is -2.17. The first-order chi connectivity index (χ1) is 11.1. The molecule has 3 amide bonds. The maximum atomic E-state index is 12.2. The number of aromatic nitrogens is 2. The van der Waals surface area contributed by atoms with Crippen LogP contribution in [0.5, 0.6) is 0 Å². The third-order valence-electron chi connectivity index (χ3n) is 3.73. The summed E-state index contributed by atoms with van der Waals surface area (Å²) in [4.78, 5) is 24.9. The number of hydrogen-bond donors (Lipinski definition) is 2. The highest BCUT2D eigenvalue weighted by atomic mass is 16.3. The van der Waals surface area contributed by atoms with Crippen LogP contribution in [0.2, 0.25) is 0 Å². The van der Waals surface area contributed by atoms with Gasteiger partial charge in [-0.25, -0.2) is 4.79 Å². The molecule has 0 aliphatic carbocycles. The summed E-state index contributed by atoms with van der Waals surface area (Å²) >= 11 is 0. The van der Waals surface area contributed by atoms with E-state index in [0.717, 1.165) is 12.2 Å². The predicted molar refractivity (Wildman–Crippen MR) is 82.7 cm³/mol. The average molecular weight is 317 g/mol. The van der Waals surface area contributed by atoms with Gasteiger partial charge in [0, 0.05) is 32.3 Å². The number of carbonyl (C=O) groups excluding carboxylic acids is 2. The maximum absolute atomic E-state index is 12.2. The summed E-state index contributed by atoms with van der Waals surface area (Å²) in [5.41, 5.74) is 0. The van der Waals surface area contributed by atoms with E-state index in [0.29, 0.717) is 25.5 Å². The summed E-state index contributed by atoms with van der Waals surface area (Å²) in [5, 5.41) is 9.81. The van der Waals surface area contributed by atoms with Crippen LogP contribution in [0.4, 0.5) is 10.6 Å². The van der Waals surface area contributed by atoms with E-state index in [4.69, 9.17) is 4.42 Å². The second-order valence-electron chi connectivity index (χ2n) is 5.49. The Morgan fingerprint density at radius 1 is 1.43 bits per heavy atom. The fourth-order valence-electron chi connectivity index (χ4n) is 2.62. The summed E-state index contributed by atoms with van der Waals surface area (Å²) in [6.45, 7) is 3.08. The van der Waals surface area contributed by atoms with E-state index in [1.54, 1.807) is 28.0 Å². The van der Waals surface area contributed by atoms with Crippen LogP contribution >= 0.6 is 0 Å². The Hall–Kier alpha value is -2.77. The second-order valence-corrected chi connectivity index (χ2v) is 5.49. The number of carbonyl (C=O) groups is 2. The SMILES string of the molecule is CC(=O)Nc1ccn([C@H]2CCN(C(=O)NCc3ccco3)C2)n1. The molecule has 2 N–H and O–H groups in total. The first kappa shape index (κ1) is 15.1. The summed E-state index contributed by atoms with van der Waals surface area (Å²) in [6, 6.07) is 5.36. The van der Waals surface area contributed by atoms with E-state index in [1.807, 2.05) is 12.3 Å². The van der Waals surface area contributed by atoms with Crippen molar-refractivity contribution in [3.8, 4) is 0 Å². The second kappa shape index (κ2) is 6.55. The van der Waals surface area contributed by atoms with Gasteiger partial charge in [-0.3, -0.25) is 9.48 Å². The van der Waals surface area contributed by atoms with Gasteiger partial charge in [-0.2, -0.15) is 5.10 Å². The minimum atomic E-state index is -0.152. The highest BCUT2D eigenvalue weighted by Crippen LogP contribution is 2.22. The lowest BCUT2D eigenvalue weighted by Crippen LogP contribution is -2.38. The average Bonchev–Trinajstić information content (AvgIpc) is 3.24. The van der Waals surface area contributed by atoms with Gasteiger partial charge in [0.05, 0.1) is 18.8 Å². The Labute approximate surface area is 133 Å². The molecule has 0 radical (unpaired) electrons. The Bertz CT molecular complexity index is 679. The zero-order valence-corrected chi connectivity index (χ0v) is 12.9. The van der Waals surface area contributed by atoms with Crippen molar-refractivity contribution in [3.05, 3.63) is 36.4 Å². The van der Waals surface area contributed by atoms with E-state index in [1.165, 1.54) is 6.92 Å². The standard InChI is InChI=1S/C15H19N5O3/c1-11(21)17-14-5-7-20(18-14)12-4-6-19(10-12)15(22)16-9-13-3-2-8-23-13/h2-3,5,7-8,12H,4,6,9-10H2,1H3,(H,16,22)(H,17,18,21)/t12-/m0/s1. The molecule has 3 heterocycles. The largest absolute Gasteiger partial charge is 0.467 e. The molecule has 2 aromatic rings. The number of urea groups is 1. The summed E-state index contributed by atoms with van der Waals surface area (Å²) in [6.07, 6.45) is 4.23. The Morgan fingerprint density at radius 3 is 3.04 bits per heavy atom. The van der Waals surface area contributed by atoms with E-state index in [-0.39, 0.29) is 18.0 Å². The van der Waals surface area contributed by atoms with Gasteiger partial charge in [-0.05, 0) is 18.6 Å². The van der Waals surface area contributed by atoms with Crippen molar-refractivity contribution in [1.82, 2.24) is 20.0 Å². The maximum Gasteiger partial charge on any atom is 0.317 e. The summed E-state index contributed by atoms with van der Waals surface area (Å²) < 4.78 is 6.99. The van der Waals surface area contributed by atoms with Gasteiger partial charge < -0.3 is 20.0 Å². The molecule has 8 heteroatoms. The van der Waals surface area contributed by atoms with Crippen molar-refractivity contribution in [1.29, 1.82) is 0 Å². The minimum absolute atomic E-state index is 0.113. The highest BCUT2D eigenvalue weighted by Gasteiger charge is 2.28. The van der Waals surface area contributed by atoms with Gasteiger partial charge in [0.25, 0.3) is 0 Å². The zero-order valence-electron chi connectivity index (χ0n) is 12.9. The lowest BCUT2D eigenvalue weighted by atomic mass is 10.3. The van der Waals surface area contributed by atoms with E-state index >= 15 is 0 Å². The van der Waals surface area contributed by atoms with Gasteiger partial charge in [-0.1, -0.05) is 0 Å². The highest BCUT2D eigenvalue weighted by molar-refractivity contribution is 5.87. The minimum Gasteiger partial charge on any atom is -0.467 e. The molecule has 3 rings (SSSR count). The van der Waals surface area contributed by atoms with E-state index in [9.17, 15) is 9.59 Å². The molecular weight excluding hydrogens is 298 g/mol. The van der Waals surface area contributed by atoms with E-state index in [2.05, 4.69) is 15.7 Å². The number of hydrogen-bond acceptors (Lipinski definition) is 4. The van der Waals surface area contributed by atoms with Crippen molar-refractivity contribution < 1.29 is 14.0 Å². The number of furan rings is 1. The number of rotatable bonds is 4. The van der Waals surface area contributed by atoms with Crippen LogP contribution in [0.1, 0.15) is 25.1 Å². The number of nitrogens with one attached hydrogen (secondary N) is 2. The van der Waals surface area contributed by atoms with Crippen molar-refractivity contribution in [2.45, 2.75) is 25.9 Å². The van der Waals surface area contributed by atoms with Gasteiger partial charge in [0.2, 0.25) is 5.91 Å². The molecule has 1 atom stereocenters. The monoisotopic (exact) mass is 317 g/mol. The van der Waals surface area contributed by atoms with Crippen LogP contribution in [0.25, 0.3) is 0 Å². The molecule has 2 aromatic heterocycles. The molecular formula is C15H19N5O3. The third-order valence-corrected chi connectivity index (χ3v) is 3.73. The lowest BCUT2D eigenvalue weighted by molar-refractivity contribution is -0.114. The quantitative estimate of drug-likeness (QED) is 0.895. The molecule has 0 bridgehead atoms. The Balaban J connectivity index is 1.52. The van der Waals surface area contributed by atoms with Gasteiger partial charge >= 0.3 is 6.03 Å². The molecule has 1 fully saturated rings. The Morgan fingerprint density at radius 2 is 2.30 bits per heavy atom. The van der Waals surface area contributed by atoms with Gasteiger partial charge in [0.15, 0.2) is 5.82 Å². The number of likely N-dealkylation sites (tertiary alicyclic amines) is 1. The van der Waals surface area contributed by atoms with Crippen molar-refractivity contribution >= 4 is 17.8 Å². The molecule has 0 aromatic carbocycles. The normalized spacial score (nSPS) is 17.3. The Kier molecular flexibility index (Phi) is 4.31.